The Bertz CT molecular complexity index is 1100. The van der Waals surface area contributed by atoms with Gasteiger partial charge in [-0.15, -0.1) is 11.3 Å². The number of carbonyl (C=O) groups is 2. The molecule has 0 saturated heterocycles. The van der Waals surface area contributed by atoms with E-state index >= 15 is 0 Å². The van der Waals surface area contributed by atoms with Gasteiger partial charge in [0.2, 0.25) is 10.0 Å². The first-order valence-electron chi connectivity index (χ1n) is 10.2. The van der Waals surface area contributed by atoms with E-state index in [0.717, 1.165) is 30.4 Å². The largest absolute Gasteiger partial charge is 0.454 e. The number of fused-ring (bicyclic) bond motifs is 2. The number of benzene rings is 1. The van der Waals surface area contributed by atoms with E-state index in [9.17, 15) is 18.0 Å². The van der Waals surface area contributed by atoms with Gasteiger partial charge in [0.1, 0.15) is 0 Å². The van der Waals surface area contributed by atoms with E-state index in [-0.39, 0.29) is 18.1 Å². The van der Waals surface area contributed by atoms with Crippen LogP contribution in [0.5, 0.6) is 0 Å². The van der Waals surface area contributed by atoms with Crippen molar-refractivity contribution >= 4 is 38.8 Å². The van der Waals surface area contributed by atoms with Crippen molar-refractivity contribution in [2.45, 2.75) is 39.5 Å². The topological polar surface area (TPSA) is 80.8 Å². The number of anilines is 1. The number of rotatable bonds is 6. The Hall–Kier alpha value is -2.19. The number of Topliss-reactive ketones (excluding diaryl/α,β-unsaturated/α-hetero) is 1. The second-order valence-electron chi connectivity index (χ2n) is 7.96. The number of carbonyl (C=O) groups excluding carboxylic acids is 2. The van der Waals surface area contributed by atoms with E-state index in [0.29, 0.717) is 35.7 Å². The second-order valence-corrected chi connectivity index (χ2v) is 11.1. The molecule has 0 amide bonds. The number of esters is 1. The first kappa shape index (κ1) is 21.1. The lowest BCUT2D eigenvalue weighted by Gasteiger charge is -2.18. The fourth-order valence-corrected chi connectivity index (χ4v) is 6.52. The predicted octanol–water partition coefficient (Wildman–Crippen LogP) is 3.62. The minimum atomic E-state index is -3.32. The summed E-state index contributed by atoms with van der Waals surface area (Å²) in [5, 5.41) is 1.84. The van der Waals surface area contributed by atoms with Gasteiger partial charge < -0.3 is 4.74 Å². The fraction of sp³-hybridized carbons (Fsp3) is 0.455. The van der Waals surface area contributed by atoms with Crippen molar-refractivity contribution < 1.29 is 22.7 Å². The van der Waals surface area contributed by atoms with Crippen LogP contribution in [0.4, 0.5) is 5.69 Å². The molecule has 1 unspecified atom stereocenters. The molecule has 1 atom stereocenters. The summed E-state index contributed by atoms with van der Waals surface area (Å²) in [5.41, 5.74) is 3.54. The van der Waals surface area contributed by atoms with Crippen LogP contribution in [0.1, 0.15) is 57.0 Å². The molecule has 0 radical (unpaired) electrons. The Morgan fingerprint density at radius 2 is 2.07 bits per heavy atom. The summed E-state index contributed by atoms with van der Waals surface area (Å²) >= 11 is 1.59. The third-order valence-corrected chi connectivity index (χ3v) is 8.74. The monoisotopic (exact) mass is 447 g/mol. The molecule has 4 rings (SSSR count). The highest BCUT2D eigenvalue weighted by Gasteiger charge is 2.29. The maximum absolute atomic E-state index is 12.6. The molecule has 0 spiro atoms. The van der Waals surface area contributed by atoms with E-state index in [1.165, 1.54) is 9.18 Å². The van der Waals surface area contributed by atoms with Crippen molar-refractivity contribution in [3.63, 3.8) is 0 Å². The summed E-state index contributed by atoms with van der Waals surface area (Å²) in [5.74, 6) is -0.0732. The second kappa shape index (κ2) is 8.15. The predicted molar refractivity (Wildman–Crippen MR) is 117 cm³/mol. The van der Waals surface area contributed by atoms with E-state index in [4.69, 9.17) is 4.74 Å². The standard InChI is InChI=1S/C22H25NO5S2/c1-3-30(26,27)23-9-8-15-11-16(5-7-19(15)23)20(24)12-28-22(25)18-13-29-21-10-14(2)4-6-17(18)21/h5,7,11,13-14H,3-4,6,8-10,12H2,1-2H3. The van der Waals surface area contributed by atoms with E-state index in [1.807, 2.05) is 5.38 Å². The van der Waals surface area contributed by atoms with Crippen LogP contribution in [-0.2, 0) is 34.0 Å². The molecule has 2 aliphatic rings. The third kappa shape index (κ3) is 3.90. The van der Waals surface area contributed by atoms with Gasteiger partial charge in [-0.05, 0) is 67.9 Å². The number of ketones is 1. The van der Waals surface area contributed by atoms with Crippen molar-refractivity contribution in [3.05, 3.63) is 50.7 Å². The number of ether oxygens (including phenoxy) is 1. The highest BCUT2D eigenvalue weighted by atomic mass is 32.2. The molecule has 1 aliphatic carbocycles. The van der Waals surface area contributed by atoms with Crippen LogP contribution in [0.3, 0.4) is 0 Å². The summed E-state index contributed by atoms with van der Waals surface area (Å²) in [4.78, 5) is 26.4. The number of hydrogen-bond donors (Lipinski definition) is 0. The van der Waals surface area contributed by atoms with Gasteiger partial charge in [-0.1, -0.05) is 6.92 Å². The third-order valence-electron chi connectivity index (χ3n) is 5.91. The smallest absolute Gasteiger partial charge is 0.339 e. The van der Waals surface area contributed by atoms with Crippen molar-refractivity contribution in [2.75, 3.05) is 23.2 Å². The first-order chi connectivity index (χ1) is 14.3. The molecule has 160 valence electrons. The fourth-order valence-electron chi connectivity index (χ4n) is 4.13. The molecule has 0 fully saturated rings. The average molecular weight is 448 g/mol. The van der Waals surface area contributed by atoms with Gasteiger partial charge in [0.15, 0.2) is 12.4 Å². The Kier molecular flexibility index (Phi) is 5.72. The highest BCUT2D eigenvalue weighted by Crippen LogP contribution is 2.33. The number of nitrogens with zero attached hydrogens (tertiary/aromatic N) is 1. The molecular formula is C22H25NO5S2. The zero-order valence-electron chi connectivity index (χ0n) is 17.1. The summed E-state index contributed by atoms with van der Waals surface area (Å²) in [6, 6.07) is 4.98. The van der Waals surface area contributed by atoms with Crippen LogP contribution in [-0.4, -0.2) is 39.1 Å². The lowest BCUT2D eigenvalue weighted by molar-refractivity contribution is 0.0474. The molecule has 30 heavy (non-hydrogen) atoms. The molecule has 1 aromatic heterocycles. The van der Waals surface area contributed by atoms with Crippen LogP contribution in [0, 0.1) is 5.92 Å². The molecule has 2 heterocycles. The maximum Gasteiger partial charge on any atom is 0.339 e. The Labute approximate surface area is 180 Å². The van der Waals surface area contributed by atoms with E-state index in [2.05, 4.69) is 6.92 Å². The zero-order valence-corrected chi connectivity index (χ0v) is 18.8. The van der Waals surface area contributed by atoms with Crippen LogP contribution < -0.4 is 4.31 Å². The summed E-state index contributed by atoms with van der Waals surface area (Å²) in [6.45, 7) is 3.90. The maximum atomic E-state index is 12.6. The van der Waals surface area contributed by atoms with Gasteiger partial charge in [0, 0.05) is 22.4 Å². The van der Waals surface area contributed by atoms with E-state index in [1.54, 1.807) is 36.5 Å². The van der Waals surface area contributed by atoms with Crippen LogP contribution in [0.25, 0.3) is 0 Å². The molecule has 0 bridgehead atoms. The van der Waals surface area contributed by atoms with Crippen molar-refractivity contribution in [1.82, 2.24) is 0 Å². The SMILES string of the molecule is CCS(=O)(=O)N1CCc2cc(C(=O)COC(=O)c3csc4c3CCC(C)C4)ccc21. The minimum absolute atomic E-state index is 0.0360. The summed E-state index contributed by atoms with van der Waals surface area (Å²) in [6.07, 6.45) is 3.49. The van der Waals surface area contributed by atoms with E-state index < -0.39 is 16.0 Å². The van der Waals surface area contributed by atoms with Gasteiger partial charge >= 0.3 is 5.97 Å². The van der Waals surface area contributed by atoms with Crippen molar-refractivity contribution in [1.29, 1.82) is 0 Å². The van der Waals surface area contributed by atoms with Crippen molar-refractivity contribution in [3.8, 4) is 0 Å². The molecule has 2 aromatic rings. The molecular weight excluding hydrogens is 422 g/mol. The summed E-state index contributed by atoms with van der Waals surface area (Å²) < 4.78 is 31.1. The van der Waals surface area contributed by atoms with Gasteiger partial charge in [0.25, 0.3) is 0 Å². The number of hydrogen-bond acceptors (Lipinski definition) is 6. The first-order valence-corrected chi connectivity index (χ1v) is 12.7. The van der Waals surface area contributed by atoms with Gasteiger partial charge in [-0.25, -0.2) is 13.2 Å². The Morgan fingerprint density at radius 1 is 1.27 bits per heavy atom. The molecule has 6 nitrogen and oxygen atoms in total. The van der Waals surface area contributed by atoms with Crippen LogP contribution >= 0.6 is 11.3 Å². The Morgan fingerprint density at radius 3 is 2.83 bits per heavy atom. The van der Waals surface area contributed by atoms with Crippen molar-refractivity contribution in [2.24, 2.45) is 5.92 Å². The zero-order chi connectivity index (χ0) is 21.5. The van der Waals surface area contributed by atoms with Gasteiger partial charge in [-0.3, -0.25) is 9.10 Å². The molecule has 0 N–H and O–H groups in total. The van der Waals surface area contributed by atoms with Crippen LogP contribution in [0.2, 0.25) is 0 Å². The Balaban J connectivity index is 1.43. The number of sulfonamides is 1. The lowest BCUT2D eigenvalue weighted by Crippen LogP contribution is -2.30. The quantitative estimate of drug-likeness (QED) is 0.499. The highest BCUT2D eigenvalue weighted by molar-refractivity contribution is 7.92. The van der Waals surface area contributed by atoms with Crippen LogP contribution in [0.15, 0.2) is 23.6 Å². The normalized spacial score (nSPS) is 18.1. The molecule has 1 aromatic carbocycles. The van der Waals surface area contributed by atoms with Gasteiger partial charge in [0.05, 0.1) is 17.0 Å². The minimum Gasteiger partial charge on any atom is -0.454 e. The average Bonchev–Trinajstić information content (AvgIpc) is 3.35. The molecule has 0 saturated carbocycles. The summed E-state index contributed by atoms with van der Waals surface area (Å²) in [7, 11) is -3.32. The molecule has 8 heteroatoms. The number of thiophene rings is 1. The van der Waals surface area contributed by atoms with Gasteiger partial charge in [-0.2, -0.15) is 0 Å². The molecule has 1 aliphatic heterocycles. The lowest BCUT2D eigenvalue weighted by atomic mass is 9.88.